The molecule has 3 heterocycles. The molecule has 2 aromatic carbocycles. The van der Waals surface area contributed by atoms with Gasteiger partial charge in [-0.25, -0.2) is 4.79 Å². The second-order valence-corrected chi connectivity index (χ2v) is 11.8. The molecule has 0 aliphatic carbocycles. The molecule has 1 aromatic heterocycles. The van der Waals surface area contributed by atoms with Crippen LogP contribution in [0.4, 0.5) is 10.5 Å². The Morgan fingerprint density at radius 2 is 2.00 bits per heavy atom. The van der Waals surface area contributed by atoms with Gasteiger partial charge in [-0.15, -0.1) is 0 Å². The first-order valence-electron chi connectivity index (χ1n) is 12.4. The van der Waals surface area contributed by atoms with E-state index in [-0.39, 0.29) is 12.1 Å². The van der Waals surface area contributed by atoms with Crippen LogP contribution in [-0.2, 0) is 9.81 Å². The van der Waals surface area contributed by atoms with E-state index in [2.05, 4.69) is 46.2 Å². The number of anilines is 1. The Kier molecular flexibility index (Phi) is 7.31. The molecule has 3 aromatic rings. The van der Waals surface area contributed by atoms with E-state index in [4.69, 9.17) is 9.82 Å². The zero-order chi connectivity index (χ0) is 24.4. The molecule has 1 saturated heterocycles. The predicted molar refractivity (Wildman–Crippen MR) is 144 cm³/mol. The second-order valence-electron chi connectivity index (χ2n) is 9.47. The number of aryl methyl sites for hydroxylation is 2. The molecule has 2 aliphatic rings. The van der Waals surface area contributed by atoms with E-state index >= 15 is 0 Å². The summed E-state index contributed by atoms with van der Waals surface area (Å²) in [5, 5.41) is 10.7. The molecular formula is C27H31GaN4O2S. The summed E-state index contributed by atoms with van der Waals surface area (Å²) in [5.41, 5.74) is 7.65. The van der Waals surface area contributed by atoms with Crippen LogP contribution < -0.4 is 5.32 Å². The third-order valence-electron chi connectivity index (χ3n) is 7.04. The summed E-state index contributed by atoms with van der Waals surface area (Å²) in [6.07, 6.45) is 2.61. The summed E-state index contributed by atoms with van der Waals surface area (Å²) in [7, 11) is 0. The number of oxime groups is 1. The van der Waals surface area contributed by atoms with Crippen molar-refractivity contribution in [2.24, 2.45) is 5.16 Å². The number of hydrogen-bond donors (Lipinski definition) is 1. The van der Waals surface area contributed by atoms with Crippen LogP contribution in [0.1, 0.15) is 64.2 Å². The van der Waals surface area contributed by atoms with Crippen molar-refractivity contribution in [1.29, 1.82) is 0 Å². The maximum atomic E-state index is 12.8. The van der Waals surface area contributed by atoms with Crippen LogP contribution >= 0.6 is 11.3 Å². The normalized spacial score (nSPS) is 18.3. The maximum absolute atomic E-state index is 12.8. The van der Waals surface area contributed by atoms with E-state index in [1.54, 1.807) is 11.3 Å². The van der Waals surface area contributed by atoms with E-state index in [1.807, 2.05) is 30.9 Å². The average Bonchev–Trinajstić information content (AvgIpc) is 3.56. The van der Waals surface area contributed by atoms with Gasteiger partial charge in [0.2, 0.25) is 0 Å². The van der Waals surface area contributed by atoms with Crippen LogP contribution in [0.5, 0.6) is 0 Å². The summed E-state index contributed by atoms with van der Waals surface area (Å²) in [5.74, 6) is 0.379. The number of amides is 2. The average molecular weight is 545 g/mol. The molecule has 1 atom stereocenters. The molecule has 0 bridgehead atoms. The number of hydrogen-bond acceptors (Lipinski definition) is 5. The van der Waals surface area contributed by atoms with E-state index in [0.29, 0.717) is 5.92 Å². The first-order valence-corrected chi connectivity index (χ1v) is 16.3. The fourth-order valence-electron chi connectivity index (χ4n) is 4.87. The summed E-state index contributed by atoms with van der Waals surface area (Å²) in [4.78, 5) is 26.7. The number of urea groups is 1. The number of nitrogens with zero attached hydrogens (tertiary/aromatic N) is 3. The van der Waals surface area contributed by atoms with E-state index in [9.17, 15) is 4.79 Å². The molecule has 1 N–H and O–H groups in total. The topological polar surface area (TPSA) is 66.8 Å². The van der Waals surface area contributed by atoms with Gasteiger partial charge in [0.25, 0.3) is 0 Å². The molecule has 0 radical (unpaired) electrons. The van der Waals surface area contributed by atoms with Gasteiger partial charge in [-0.05, 0) is 31.0 Å². The minimum absolute atomic E-state index is 0.00695. The summed E-state index contributed by atoms with van der Waals surface area (Å²) in [6, 6.07) is 14.7. The van der Waals surface area contributed by atoms with Gasteiger partial charge in [-0.1, -0.05) is 12.1 Å². The fraction of sp³-hybridized carbons (Fsp3) is 0.370. The third-order valence-corrected chi connectivity index (χ3v) is 9.64. The van der Waals surface area contributed by atoms with Gasteiger partial charge >= 0.3 is 157 Å². The molecule has 0 saturated carbocycles. The molecule has 6 nitrogen and oxygen atoms in total. The summed E-state index contributed by atoms with van der Waals surface area (Å²) in [6.45, 7) is 5.54. The van der Waals surface area contributed by atoms with Gasteiger partial charge in [0.15, 0.2) is 0 Å². The molecule has 8 heteroatoms. The molecule has 35 heavy (non-hydrogen) atoms. The first kappa shape index (κ1) is 24.2. The van der Waals surface area contributed by atoms with Crippen molar-refractivity contribution in [2.75, 3.05) is 18.4 Å². The van der Waals surface area contributed by atoms with Crippen molar-refractivity contribution < 1.29 is 9.63 Å². The Bertz CT molecular complexity index is 1250. The number of carbonyl (C=O) groups excluding carboxylic acids is 1. The SMILES string of the molecule is Cc1ccc(C)c(NC(=O)N2CCC(c3nc(C4=NOC(c5ccccc5[CH2][GaH2])C4)cs3)CC2)c1. The Morgan fingerprint density at radius 1 is 1.20 bits per heavy atom. The standard InChI is InChI=1S/C27H29N4O2S.Ga.2H/c1-17-8-9-19(3)22(14-17)29-27(32)31-12-10-20(11-13-31)26-28-24(16-34-26)23-15-25(33-30-23)21-7-5-4-6-18(21)2;;;/h4-9,14,16,20,25H,2,10-13,15H2,1,3H3,(H,29,32);;;. The van der Waals surface area contributed by atoms with Gasteiger partial charge in [0, 0.05) is 5.69 Å². The molecule has 1 fully saturated rings. The second kappa shape index (κ2) is 10.6. The fourth-order valence-corrected chi connectivity index (χ4v) is 7.22. The predicted octanol–water partition coefficient (Wildman–Crippen LogP) is 5.17. The number of thiazole rings is 1. The van der Waals surface area contributed by atoms with Gasteiger partial charge in [0.05, 0.1) is 0 Å². The smallest absolute Gasteiger partial charge is 0.0353 e. The molecule has 0 spiro atoms. The van der Waals surface area contributed by atoms with Crippen molar-refractivity contribution in [3.63, 3.8) is 0 Å². The summed E-state index contributed by atoms with van der Waals surface area (Å²) < 4.78 is 0. The van der Waals surface area contributed by atoms with Crippen molar-refractivity contribution in [3.05, 3.63) is 80.8 Å². The third kappa shape index (κ3) is 5.34. The zero-order valence-electron chi connectivity index (χ0n) is 20.6. The Morgan fingerprint density at radius 3 is 2.80 bits per heavy atom. The molecule has 180 valence electrons. The number of carbonyl (C=O) groups is 1. The molecule has 5 rings (SSSR count). The Balaban J connectivity index is 1.17. The van der Waals surface area contributed by atoms with Crippen LogP contribution in [0.15, 0.2) is 53.0 Å². The minimum atomic E-state index is -0.0172. The van der Waals surface area contributed by atoms with Crippen LogP contribution in [0.3, 0.4) is 0 Å². The van der Waals surface area contributed by atoms with Gasteiger partial charge in [-0.3, -0.25) is 0 Å². The van der Waals surface area contributed by atoms with E-state index in [1.165, 1.54) is 16.1 Å². The number of nitrogens with one attached hydrogen (secondary N) is 1. The molecular weight excluding hydrogens is 514 g/mol. The first-order chi connectivity index (χ1) is 17.0. The van der Waals surface area contributed by atoms with Crippen molar-refractivity contribution >= 4 is 47.4 Å². The number of benzene rings is 2. The number of piperidine rings is 1. The van der Waals surface area contributed by atoms with Crippen LogP contribution in [0.25, 0.3) is 0 Å². The van der Waals surface area contributed by atoms with Gasteiger partial charge in [-0.2, -0.15) is 0 Å². The van der Waals surface area contributed by atoms with Gasteiger partial charge < -0.3 is 10.2 Å². The summed E-state index contributed by atoms with van der Waals surface area (Å²) >= 11 is 2.47. The zero-order valence-corrected chi connectivity index (χ0v) is 25.6. The van der Waals surface area contributed by atoms with Crippen molar-refractivity contribution in [3.8, 4) is 0 Å². The van der Waals surface area contributed by atoms with Crippen LogP contribution in [0.2, 0.25) is 0 Å². The van der Waals surface area contributed by atoms with Crippen LogP contribution in [-0.4, -0.2) is 53.3 Å². The number of aromatic nitrogens is 1. The number of likely N-dealkylation sites (tertiary alicyclic amines) is 1. The minimum Gasteiger partial charge on any atom is -0.0353 e. The quantitative estimate of drug-likeness (QED) is 0.450. The van der Waals surface area contributed by atoms with Crippen LogP contribution in [0, 0.1) is 13.8 Å². The van der Waals surface area contributed by atoms with E-state index < -0.39 is 0 Å². The van der Waals surface area contributed by atoms with Crippen molar-refractivity contribution in [1.82, 2.24) is 9.88 Å². The Hall–Kier alpha value is -2.55. The molecule has 2 amide bonds. The van der Waals surface area contributed by atoms with Crippen molar-refractivity contribution in [2.45, 2.75) is 50.1 Å². The Labute approximate surface area is 220 Å². The monoisotopic (exact) mass is 544 g/mol. The molecule has 2 aliphatic heterocycles. The van der Waals surface area contributed by atoms with E-state index in [0.717, 1.165) is 84.2 Å². The number of rotatable bonds is 5. The molecule has 1 unspecified atom stereocenters. The van der Waals surface area contributed by atoms with Gasteiger partial charge in [0.1, 0.15) is 0 Å².